The number of piperazine rings is 1. The largest absolute Gasteiger partial charge is 0.336 e. The SMILES string of the molecule is Cc1cc(C(=O)N2CCN(Cc3ccc(F)cc3)CC2)c2cnn(-c3ccccc3F)c2n1. The van der Waals surface area contributed by atoms with Gasteiger partial charge < -0.3 is 4.90 Å². The van der Waals surface area contributed by atoms with Gasteiger partial charge in [-0.2, -0.15) is 5.10 Å². The summed E-state index contributed by atoms with van der Waals surface area (Å²) in [6, 6.07) is 14.6. The predicted molar refractivity (Wildman–Crippen MR) is 121 cm³/mol. The average molecular weight is 447 g/mol. The van der Waals surface area contributed by atoms with Gasteiger partial charge in [0.1, 0.15) is 17.3 Å². The van der Waals surface area contributed by atoms with Crippen molar-refractivity contribution in [3.8, 4) is 5.69 Å². The standard InChI is InChI=1S/C25H23F2N5O/c1-17-14-20(21-15-28-32(24(21)29-17)23-5-3-2-4-22(23)27)25(33)31-12-10-30(11-13-31)16-18-6-8-19(26)9-7-18/h2-9,14-15H,10-13,16H2,1H3. The summed E-state index contributed by atoms with van der Waals surface area (Å²) >= 11 is 0. The van der Waals surface area contributed by atoms with E-state index < -0.39 is 5.82 Å². The molecule has 1 aliphatic rings. The molecule has 1 saturated heterocycles. The summed E-state index contributed by atoms with van der Waals surface area (Å²) in [6.07, 6.45) is 1.58. The Morgan fingerprint density at radius 1 is 1.00 bits per heavy atom. The third kappa shape index (κ3) is 4.21. The fourth-order valence-electron chi connectivity index (χ4n) is 4.23. The highest BCUT2D eigenvalue weighted by Crippen LogP contribution is 2.24. The van der Waals surface area contributed by atoms with E-state index in [1.807, 2.05) is 11.8 Å². The maximum absolute atomic E-state index is 14.4. The molecule has 1 aliphatic heterocycles. The summed E-state index contributed by atoms with van der Waals surface area (Å²) in [5.74, 6) is -0.734. The fraction of sp³-hybridized carbons (Fsp3) is 0.240. The summed E-state index contributed by atoms with van der Waals surface area (Å²) in [7, 11) is 0. The molecule has 0 saturated carbocycles. The number of fused-ring (bicyclic) bond motifs is 1. The Morgan fingerprint density at radius 2 is 1.73 bits per heavy atom. The van der Waals surface area contributed by atoms with Crippen molar-refractivity contribution in [2.45, 2.75) is 13.5 Å². The molecular formula is C25H23F2N5O. The van der Waals surface area contributed by atoms with Gasteiger partial charge in [0.2, 0.25) is 0 Å². The summed E-state index contributed by atoms with van der Waals surface area (Å²) < 4.78 is 28.9. The molecule has 168 valence electrons. The van der Waals surface area contributed by atoms with Gasteiger partial charge in [0.05, 0.1) is 17.1 Å². The summed E-state index contributed by atoms with van der Waals surface area (Å²) in [5.41, 5.74) is 2.98. The quantitative estimate of drug-likeness (QED) is 0.475. The van der Waals surface area contributed by atoms with Crippen molar-refractivity contribution in [1.82, 2.24) is 24.6 Å². The Bertz CT molecular complexity index is 1310. The van der Waals surface area contributed by atoms with Gasteiger partial charge in [0.15, 0.2) is 5.65 Å². The first-order chi connectivity index (χ1) is 16.0. The number of para-hydroxylation sites is 1. The zero-order valence-corrected chi connectivity index (χ0v) is 18.2. The summed E-state index contributed by atoms with van der Waals surface area (Å²) in [5, 5.41) is 4.93. The van der Waals surface area contributed by atoms with Crippen LogP contribution in [0.4, 0.5) is 8.78 Å². The van der Waals surface area contributed by atoms with Crippen molar-refractivity contribution in [1.29, 1.82) is 0 Å². The first-order valence-electron chi connectivity index (χ1n) is 10.9. The lowest BCUT2D eigenvalue weighted by Crippen LogP contribution is -2.48. The molecule has 33 heavy (non-hydrogen) atoms. The molecular weight excluding hydrogens is 424 g/mol. The first-order valence-corrected chi connectivity index (χ1v) is 10.9. The summed E-state index contributed by atoms with van der Waals surface area (Å²) in [4.78, 5) is 22.0. The molecule has 0 unspecified atom stereocenters. The fourth-order valence-corrected chi connectivity index (χ4v) is 4.23. The molecule has 1 amide bonds. The van der Waals surface area contributed by atoms with E-state index in [0.717, 1.165) is 25.2 Å². The van der Waals surface area contributed by atoms with Crippen LogP contribution in [0.1, 0.15) is 21.6 Å². The Labute approximate surface area is 190 Å². The molecule has 0 spiro atoms. The molecule has 2 aromatic heterocycles. The molecule has 2 aromatic carbocycles. The van der Waals surface area contributed by atoms with Gasteiger partial charge in [0.25, 0.3) is 5.91 Å². The maximum atomic E-state index is 14.4. The zero-order chi connectivity index (χ0) is 22.9. The third-order valence-corrected chi connectivity index (χ3v) is 5.96. The number of rotatable bonds is 4. The van der Waals surface area contributed by atoms with Crippen LogP contribution in [-0.2, 0) is 6.54 Å². The van der Waals surface area contributed by atoms with Crippen molar-refractivity contribution in [2.75, 3.05) is 26.2 Å². The average Bonchev–Trinajstić information content (AvgIpc) is 3.24. The number of benzene rings is 2. The molecule has 0 bridgehead atoms. The molecule has 6 nitrogen and oxygen atoms in total. The first kappa shape index (κ1) is 21.2. The van der Waals surface area contributed by atoms with Crippen LogP contribution >= 0.6 is 0 Å². The highest BCUT2D eigenvalue weighted by Gasteiger charge is 2.25. The third-order valence-electron chi connectivity index (χ3n) is 5.96. The van der Waals surface area contributed by atoms with E-state index in [4.69, 9.17) is 0 Å². The maximum Gasteiger partial charge on any atom is 0.254 e. The van der Waals surface area contributed by atoms with Gasteiger partial charge >= 0.3 is 0 Å². The lowest BCUT2D eigenvalue weighted by molar-refractivity contribution is 0.0630. The number of halogens is 2. The number of hydrogen-bond acceptors (Lipinski definition) is 4. The number of aryl methyl sites for hydroxylation is 1. The van der Waals surface area contributed by atoms with E-state index >= 15 is 0 Å². The van der Waals surface area contributed by atoms with Gasteiger partial charge in [-0.1, -0.05) is 24.3 Å². The minimum absolute atomic E-state index is 0.0833. The highest BCUT2D eigenvalue weighted by atomic mass is 19.1. The number of aromatic nitrogens is 3. The summed E-state index contributed by atoms with van der Waals surface area (Å²) in [6.45, 7) is 5.16. The van der Waals surface area contributed by atoms with Crippen molar-refractivity contribution < 1.29 is 13.6 Å². The number of hydrogen-bond donors (Lipinski definition) is 0. The van der Waals surface area contributed by atoms with Crippen LogP contribution in [0.3, 0.4) is 0 Å². The van der Waals surface area contributed by atoms with Crippen LogP contribution in [0.2, 0.25) is 0 Å². The monoisotopic (exact) mass is 447 g/mol. The normalized spacial score (nSPS) is 14.7. The Kier molecular flexibility index (Phi) is 5.60. The second-order valence-corrected chi connectivity index (χ2v) is 8.25. The van der Waals surface area contributed by atoms with Crippen molar-refractivity contribution in [3.05, 3.63) is 89.2 Å². The van der Waals surface area contributed by atoms with Crippen LogP contribution in [0.15, 0.2) is 60.8 Å². The van der Waals surface area contributed by atoms with Gasteiger partial charge in [-0.15, -0.1) is 0 Å². The molecule has 1 fully saturated rings. The van der Waals surface area contributed by atoms with E-state index in [9.17, 15) is 13.6 Å². The minimum Gasteiger partial charge on any atom is -0.336 e. The van der Waals surface area contributed by atoms with Crippen LogP contribution in [0, 0.1) is 18.6 Å². The number of pyridine rings is 1. The topological polar surface area (TPSA) is 54.3 Å². The van der Waals surface area contributed by atoms with Crippen molar-refractivity contribution >= 4 is 16.9 Å². The Balaban J connectivity index is 1.36. The Hall–Kier alpha value is -3.65. The van der Waals surface area contributed by atoms with Crippen LogP contribution in [0.25, 0.3) is 16.7 Å². The lowest BCUT2D eigenvalue weighted by Gasteiger charge is -2.35. The molecule has 0 aliphatic carbocycles. The van der Waals surface area contributed by atoms with Gasteiger partial charge in [-0.05, 0) is 42.8 Å². The van der Waals surface area contributed by atoms with E-state index in [2.05, 4.69) is 15.0 Å². The number of carbonyl (C=O) groups excluding carboxylic acids is 1. The molecule has 3 heterocycles. The number of carbonyl (C=O) groups is 1. The molecule has 0 radical (unpaired) electrons. The molecule has 0 N–H and O–H groups in total. The van der Waals surface area contributed by atoms with Gasteiger partial charge in [0, 0.05) is 38.4 Å². The molecule has 0 atom stereocenters. The molecule has 4 aromatic rings. The molecule has 8 heteroatoms. The van der Waals surface area contributed by atoms with Crippen LogP contribution in [-0.4, -0.2) is 56.7 Å². The second kappa shape index (κ2) is 8.71. The van der Waals surface area contributed by atoms with E-state index in [1.165, 1.54) is 22.9 Å². The van der Waals surface area contributed by atoms with Crippen LogP contribution < -0.4 is 0 Å². The van der Waals surface area contributed by atoms with Crippen molar-refractivity contribution in [2.24, 2.45) is 0 Å². The van der Waals surface area contributed by atoms with E-state index in [-0.39, 0.29) is 11.7 Å². The van der Waals surface area contributed by atoms with Crippen molar-refractivity contribution in [3.63, 3.8) is 0 Å². The van der Waals surface area contributed by atoms with E-state index in [0.29, 0.717) is 41.1 Å². The van der Waals surface area contributed by atoms with Crippen LogP contribution in [0.5, 0.6) is 0 Å². The lowest BCUT2D eigenvalue weighted by atomic mass is 10.1. The van der Waals surface area contributed by atoms with Gasteiger partial charge in [-0.25, -0.2) is 18.4 Å². The minimum atomic E-state index is -0.407. The zero-order valence-electron chi connectivity index (χ0n) is 18.2. The van der Waals surface area contributed by atoms with Gasteiger partial charge in [-0.3, -0.25) is 9.69 Å². The Morgan fingerprint density at radius 3 is 2.45 bits per heavy atom. The second-order valence-electron chi connectivity index (χ2n) is 8.25. The smallest absolute Gasteiger partial charge is 0.254 e. The highest BCUT2D eigenvalue weighted by molar-refractivity contribution is 6.05. The van der Waals surface area contributed by atoms with E-state index in [1.54, 1.807) is 42.6 Å². The predicted octanol–water partition coefficient (Wildman–Crippen LogP) is 3.97. The number of amides is 1. The number of nitrogens with zero attached hydrogens (tertiary/aromatic N) is 5. The molecule has 5 rings (SSSR count).